The fourth-order valence-electron chi connectivity index (χ4n) is 3.95. The van der Waals surface area contributed by atoms with E-state index in [1.807, 2.05) is 51.1 Å². The molecule has 0 aliphatic carbocycles. The van der Waals surface area contributed by atoms with E-state index in [2.05, 4.69) is 5.32 Å². The lowest BCUT2D eigenvalue weighted by Crippen LogP contribution is -2.51. The molecule has 1 N–H and O–H groups in total. The summed E-state index contributed by atoms with van der Waals surface area (Å²) in [5.74, 6) is -0.769. The van der Waals surface area contributed by atoms with Crippen LogP contribution in [0, 0.1) is 11.7 Å². The van der Waals surface area contributed by atoms with Gasteiger partial charge in [0.25, 0.3) is 10.0 Å². The van der Waals surface area contributed by atoms with E-state index in [0.29, 0.717) is 18.9 Å². The molecular formula is C30H36FN3O5S. The third kappa shape index (κ3) is 8.05. The van der Waals surface area contributed by atoms with Gasteiger partial charge < -0.3 is 15.0 Å². The van der Waals surface area contributed by atoms with E-state index >= 15 is 0 Å². The van der Waals surface area contributed by atoms with Crippen molar-refractivity contribution in [3.05, 3.63) is 90.2 Å². The number of halogens is 1. The highest BCUT2D eigenvalue weighted by Crippen LogP contribution is 2.26. The van der Waals surface area contributed by atoms with Crippen molar-refractivity contribution >= 4 is 27.5 Å². The van der Waals surface area contributed by atoms with Crippen LogP contribution in [0.1, 0.15) is 33.3 Å². The lowest BCUT2D eigenvalue weighted by Gasteiger charge is -2.32. The number of anilines is 1. The predicted octanol–water partition coefficient (Wildman–Crippen LogP) is 4.61. The van der Waals surface area contributed by atoms with E-state index in [1.165, 1.54) is 41.3 Å². The largest absolute Gasteiger partial charge is 0.494 e. The van der Waals surface area contributed by atoms with Gasteiger partial charge in [-0.1, -0.05) is 44.2 Å². The van der Waals surface area contributed by atoms with Crippen molar-refractivity contribution in [3.63, 3.8) is 0 Å². The Labute approximate surface area is 235 Å². The highest BCUT2D eigenvalue weighted by molar-refractivity contribution is 7.92. The Morgan fingerprint density at radius 3 is 2.12 bits per heavy atom. The van der Waals surface area contributed by atoms with Crippen LogP contribution >= 0.6 is 0 Å². The summed E-state index contributed by atoms with van der Waals surface area (Å²) < 4.78 is 47.7. The van der Waals surface area contributed by atoms with E-state index < -0.39 is 34.3 Å². The first-order valence-corrected chi connectivity index (χ1v) is 14.6. The van der Waals surface area contributed by atoms with Gasteiger partial charge >= 0.3 is 0 Å². The molecule has 10 heteroatoms. The van der Waals surface area contributed by atoms with Gasteiger partial charge in [-0.05, 0) is 73.9 Å². The Balaban J connectivity index is 1.98. The summed E-state index contributed by atoms with van der Waals surface area (Å²) in [6.45, 7) is 7.70. The third-order valence-electron chi connectivity index (χ3n) is 6.16. The first kappa shape index (κ1) is 30.6. The molecule has 2 amide bonds. The van der Waals surface area contributed by atoms with Crippen molar-refractivity contribution in [2.45, 2.75) is 45.2 Å². The van der Waals surface area contributed by atoms with Gasteiger partial charge in [-0.3, -0.25) is 13.9 Å². The maximum Gasteiger partial charge on any atom is 0.264 e. The van der Waals surface area contributed by atoms with Crippen LogP contribution in [0.3, 0.4) is 0 Å². The first-order valence-electron chi connectivity index (χ1n) is 13.1. The fraction of sp³-hybridized carbons (Fsp3) is 0.333. The highest BCUT2D eigenvalue weighted by Gasteiger charge is 2.32. The molecule has 1 unspecified atom stereocenters. The van der Waals surface area contributed by atoms with Gasteiger partial charge in [0, 0.05) is 13.1 Å². The number of carbonyl (C=O) groups is 2. The lowest BCUT2D eigenvalue weighted by molar-refractivity contribution is -0.139. The number of ether oxygens (including phenoxy) is 1. The smallest absolute Gasteiger partial charge is 0.264 e. The minimum Gasteiger partial charge on any atom is -0.494 e. The maximum atomic E-state index is 13.8. The van der Waals surface area contributed by atoms with Crippen LogP contribution < -0.4 is 14.4 Å². The summed E-state index contributed by atoms with van der Waals surface area (Å²) >= 11 is 0. The molecule has 40 heavy (non-hydrogen) atoms. The van der Waals surface area contributed by atoms with Crippen LogP contribution in [0.25, 0.3) is 0 Å². The number of amides is 2. The van der Waals surface area contributed by atoms with E-state index in [9.17, 15) is 22.4 Å². The van der Waals surface area contributed by atoms with Crippen LogP contribution in [-0.4, -0.2) is 50.9 Å². The van der Waals surface area contributed by atoms with Gasteiger partial charge in [0.1, 0.15) is 24.2 Å². The number of carbonyl (C=O) groups excluding carboxylic acids is 2. The molecule has 3 aromatic carbocycles. The second kappa shape index (κ2) is 13.9. The normalized spacial score (nSPS) is 12.1. The molecule has 0 aliphatic heterocycles. The minimum atomic E-state index is -4.26. The molecular weight excluding hydrogens is 533 g/mol. The van der Waals surface area contributed by atoms with Crippen molar-refractivity contribution in [2.24, 2.45) is 5.92 Å². The van der Waals surface area contributed by atoms with E-state index in [1.54, 1.807) is 6.92 Å². The van der Waals surface area contributed by atoms with E-state index in [4.69, 9.17) is 4.74 Å². The number of hydrogen-bond donors (Lipinski definition) is 1. The lowest BCUT2D eigenvalue weighted by atomic mass is 10.1. The number of nitrogens with one attached hydrogen (secondary N) is 1. The fourth-order valence-corrected chi connectivity index (χ4v) is 5.37. The van der Waals surface area contributed by atoms with Crippen LogP contribution in [0.5, 0.6) is 5.75 Å². The molecule has 0 heterocycles. The molecule has 1 atom stereocenters. The van der Waals surface area contributed by atoms with Crippen molar-refractivity contribution in [3.8, 4) is 5.75 Å². The van der Waals surface area contributed by atoms with Crippen molar-refractivity contribution in [1.82, 2.24) is 10.2 Å². The molecule has 0 spiro atoms. The van der Waals surface area contributed by atoms with Crippen LogP contribution in [-0.2, 0) is 26.2 Å². The molecule has 3 rings (SSSR count). The summed E-state index contributed by atoms with van der Waals surface area (Å²) in [4.78, 5) is 28.1. The van der Waals surface area contributed by atoms with Crippen LogP contribution in [0.2, 0.25) is 0 Å². The number of rotatable bonds is 13. The average Bonchev–Trinajstić information content (AvgIpc) is 2.94. The topological polar surface area (TPSA) is 96.0 Å². The van der Waals surface area contributed by atoms with Gasteiger partial charge in [-0.2, -0.15) is 0 Å². The molecule has 0 aromatic heterocycles. The quantitative estimate of drug-likeness (QED) is 0.324. The summed E-state index contributed by atoms with van der Waals surface area (Å²) in [5, 5.41) is 2.85. The Bertz CT molecular complexity index is 1360. The van der Waals surface area contributed by atoms with Crippen molar-refractivity contribution in [2.75, 3.05) is 24.0 Å². The maximum absolute atomic E-state index is 13.8. The van der Waals surface area contributed by atoms with Gasteiger partial charge in [0.15, 0.2) is 0 Å². The van der Waals surface area contributed by atoms with Gasteiger partial charge in [-0.15, -0.1) is 0 Å². The Hall–Kier alpha value is -3.92. The van der Waals surface area contributed by atoms with Crippen LogP contribution in [0.4, 0.5) is 10.1 Å². The molecule has 0 radical (unpaired) electrons. The average molecular weight is 570 g/mol. The molecule has 8 nitrogen and oxygen atoms in total. The molecule has 0 bridgehead atoms. The molecule has 214 valence electrons. The number of nitrogens with zero attached hydrogens (tertiary/aromatic N) is 2. The monoisotopic (exact) mass is 569 g/mol. The summed E-state index contributed by atoms with van der Waals surface area (Å²) in [7, 11) is -4.26. The summed E-state index contributed by atoms with van der Waals surface area (Å²) in [6.07, 6.45) is 0. The predicted molar refractivity (Wildman–Crippen MR) is 153 cm³/mol. The number of benzene rings is 3. The molecule has 0 saturated heterocycles. The molecule has 0 fully saturated rings. The zero-order valence-electron chi connectivity index (χ0n) is 23.2. The molecule has 0 saturated carbocycles. The third-order valence-corrected chi connectivity index (χ3v) is 7.95. The van der Waals surface area contributed by atoms with E-state index in [0.717, 1.165) is 22.0 Å². The van der Waals surface area contributed by atoms with E-state index in [-0.39, 0.29) is 29.0 Å². The number of sulfonamides is 1. The Morgan fingerprint density at radius 1 is 0.925 bits per heavy atom. The standard InChI is InChI=1S/C30H36FN3O5S/c1-5-39-27-15-17-28(18-16-27)40(37,38)34(26-13-11-25(31)12-14-26)21-29(35)33(20-24-9-7-6-8-10-24)23(4)30(36)32-19-22(2)3/h6-18,22-23H,5,19-21H2,1-4H3,(H,32,36). The second-order valence-corrected chi connectivity index (χ2v) is 11.6. The molecule has 0 aliphatic rings. The zero-order chi connectivity index (χ0) is 29.3. The Kier molecular flexibility index (Phi) is 10.7. The zero-order valence-corrected chi connectivity index (χ0v) is 24.0. The van der Waals surface area contributed by atoms with Gasteiger partial charge in [0.2, 0.25) is 11.8 Å². The van der Waals surface area contributed by atoms with Gasteiger partial charge in [0.05, 0.1) is 17.2 Å². The first-order chi connectivity index (χ1) is 19.0. The Morgan fingerprint density at radius 2 is 1.55 bits per heavy atom. The van der Waals surface area contributed by atoms with Crippen molar-refractivity contribution in [1.29, 1.82) is 0 Å². The SMILES string of the molecule is CCOc1ccc(S(=O)(=O)N(CC(=O)N(Cc2ccccc2)C(C)C(=O)NCC(C)C)c2ccc(F)cc2)cc1. The summed E-state index contributed by atoms with van der Waals surface area (Å²) in [5.41, 5.74) is 0.891. The number of hydrogen-bond acceptors (Lipinski definition) is 5. The summed E-state index contributed by atoms with van der Waals surface area (Å²) in [6, 6.07) is 19.0. The van der Waals surface area contributed by atoms with Gasteiger partial charge in [-0.25, -0.2) is 12.8 Å². The van der Waals surface area contributed by atoms with Crippen molar-refractivity contribution < 1.29 is 27.1 Å². The molecule has 3 aromatic rings. The minimum absolute atomic E-state index is 0.0644. The second-order valence-electron chi connectivity index (χ2n) is 9.71. The van der Waals surface area contributed by atoms with Crippen LogP contribution in [0.15, 0.2) is 83.8 Å². The highest BCUT2D eigenvalue weighted by atomic mass is 32.2.